The zero-order valence-corrected chi connectivity index (χ0v) is 9.74. The summed E-state index contributed by atoms with van der Waals surface area (Å²) in [7, 11) is 1.64. The van der Waals surface area contributed by atoms with E-state index < -0.39 is 4.92 Å². The van der Waals surface area contributed by atoms with E-state index in [2.05, 4.69) is 5.10 Å². The van der Waals surface area contributed by atoms with Crippen molar-refractivity contribution in [1.29, 1.82) is 0 Å². The third-order valence-corrected chi connectivity index (χ3v) is 2.52. The van der Waals surface area contributed by atoms with Crippen LogP contribution in [-0.2, 0) is 11.3 Å². The summed E-state index contributed by atoms with van der Waals surface area (Å²) in [6, 6.07) is -0.0759. The minimum Gasteiger partial charge on any atom is -0.340 e. The van der Waals surface area contributed by atoms with Gasteiger partial charge < -0.3 is 10.6 Å². The van der Waals surface area contributed by atoms with E-state index in [4.69, 9.17) is 5.73 Å². The lowest BCUT2D eigenvalue weighted by Crippen LogP contribution is -2.41. The van der Waals surface area contributed by atoms with Crippen LogP contribution in [0.1, 0.15) is 6.92 Å². The fourth-order valence-electron chi connectivity index (χ4n) is 1.19. The number of rotatable bonds is 5. The van der Waals surface area contributed by atoms with E-state index in [1.54, 1.807) is 7.05 Å². The summed E-state index contributed by atoms with van der Waals surface area (Å²) in [6.45, 7) is 2.15. The maximum absolute atomic E-state index is 11.7. The molecule has 1 rings (SSSR count). The van der Waals surface area contributed by atoms with Crippen molar-refractivity contribution in [1.82, 2.24) is 14.7 Å². The number of nitrogens with zero attached hydrogens (tertiary/aromatic N) is 4. The monoisotopic (exact) mass is 241 g/mol. The molecule has 0 radical (unpaired) electrons. The number of nitrogens with two attached hydrogens (primary N) is 1. The van der Waals surface area contributed by atoms with Crippen LogP contribution in [0.5, 0.6) is 0 Å². The molecular weight excluding hydrogens is 226 g/mol. The first-order chi connectivity index (χ1) is 7.95. The van der Waals surface area contributed by atoms with Crippen molar-refractivity contribution in [3.63, 3.8) is 0 Å². The highest BCUT2D eigenvalue weighted by Crippen LogP contribution is 2.08. The number of amides is 1. The van der Waals surface area contributed by atoms with Gasteiger partial charge in [0.05, 0.1) is 4.92 Å². The molecule has 1 heterocycles. The molecule has 0 aliphatic rings. The molecule has 1 aromatic heterocycles. The van der Waals surface area contributed by atoms with E-state index in [1.807, 2.05) is 6.92 Å². The van der Waals surface area contributed by atoms with Gasteiger partial charge in [-0.05, 0) is 6.92 Å². The quantitative estimate of drug-likeness (QED) is 0.557. The zero-order valence-electron chi connectivity index (χ0n) is 9.74. The Bertz CT molecular complexity index is 417. The van der Waals surface area contributed by atoms with E-state index in [1.165, 1.54) is 15.8 Å². The Labute approximate surface area is 98.1 Å². The summed E-state index contributed by atoms with van der Waals surface area (Å²) in [5.74, 6) is -0.194. The maximum atomic E-state index is 11.7. The third-order valence-electron chi connectivity index (χ3n) is 2.52. The molecule has 0 aliphatic carbocycles. The minimum atomic E-state index is -0.555. The Hall–Kier alpha value is -1.96. The van der Waals surface area contributed by atoms with Crippen molar-refractivity contribution >= 4 is 11.6 Å². The van der Waals surface area contributed by atoms with Crippen molar-refractivity contribution in [2.24, 2.45) is 5.73 Å². The van der Waals surface area contributed by atoms with Gasteiger partial charge in [0.15, 0.2) is 0 Å². The van der Waals surface area contributed by atoms with Crippen LogP contribution in [-0.4, -0.2) is 45.1 Å². The molecule has 0 fully saturated rings. The van der Waals surface area contributed by atoms with E-state index in [9.17, 15) is 14.9 Å². The summed E-state index contributed by atoms with van der Waals surface area (Å²) >= 11 is 0. The zero-order chi connectivity index (χ0) is 13.0. The molecule has 0 aliphatic heterocycles. The SMILES string of the molecule is CC(CN)N(C)C(=O)Cn1cc([N+](=O)[O-])cn1. The van der Waals surface area contributed by atoms with Crippen molar-refractivity contribution in [3.05, 3.63) is 22.5 Å². The summed E-state index contributed by atoms with van der Waals surface area (Å²) in [5.41, 5.74) is 5.31. The molecule has 0 spiro atoms. The number of carbonyl (C=O) groups is 1. The lowest BCUT2D eigenvalue weighted by Gasteiger charge is -2.23. The molecule has 1 unspecified atom stereocenters. The van der Waals surface area contributed by atoms with Crippen LogP contribution in [0.2, 0.25) is 0 Å². The molecule has 17 heavy (non-hydrogen) atoms. The predicted molar refractivity (Wildman–Crippen MR) is 60.2 cm³/mol. The summed E-state index contributed by atoms with van der Waals surface area (Å²) < 4.78 is 1.24. The molecule has 0 saturated heterocycles. The number of aromatic nitrogens is 2. The van der Waals surface area contributed by atoms with E-state index in [0.29, 0.717) is 6.54 Å². The molecule has 1 atom stereocenters. The van der Waals surface area contributed by atoms with Crippen molar-refractivity contribution in [2.75, 3.05) is 13.6 Å². The number of nitro groups is 1. The topological polar surface area (TPSA) is 107 Å². The molecule has 94 valence electrons. The number of likely N-dealkylation sites (N-methyl/N-ethyl adjacent to an activating group) is 1. The predicted octanol–water partition coefficient (Wildman–Crippen LogP) is -0.403. The highest BCUT2D eigenvalue weighted by molar-refractivity contribution is 5.76. The van der Waals surface area contributed by atoms with Gasteiger partial charge in [0.2, 0.25) is 5.91 Å². The second-order valence-electron chi connectivity index (χ2n) is 3.74. The van der Waals surface area contributed by atoms with Gasteiger partial charge in [0.1, 0.15) is 18.9 Å². The van der Waals surface area contributed by atoms with Gasteiger partial charge >= 0.3 is 5.69 Å². The smallest absolute Gasteiger partial charge is 0.307 e. The second-order valence-corrected chi connectivity index (χ2v) is 3.74. The first-order valence-electron chi connectivity index (χ1n) is 5.08. The van der Waals surface area contributed by atoms with Crippen LogP contribution in [0.3, 0.4) is 0 Å². The van der Waals surface area contributed by atoms with Crippen LogP contribution in [0, 0.1) is 10.1 Å². The molecule has 8 nitrogen and oxygen atoms in total. The van der Waals surface area contributed by atoms with Crippen LogP contribution in [0.4, 0.5) is 5.69 Å². The first-order valence-corrected chi connectivity index (χ1v) is 5.08. The van der Waals surface area contributed by atoms with Gasteiger partial charge in [0, 0.05) is 19.6 Å². The lowest BCUT2D eigenvalue weighted by molar-refractivity contribution is -0.385. The number of hydrogen-bond donors (Lipinski definition) is 1. The highest BCUT2D eigenvalue weighted by Gasteiger charge is 2.16. The molecule has 0 aromatic carbocycles. The van der Waals surface area contributed by atoms with E-state index in [-0.39, 0.29) is 24.2 Å². The minimum absolute atomic E-state index is 0.0331. The first kappa shape index (κ1) is 13.1. The van der Waals surface area contributed by atoms with Gasteiger partial charge in [-0.1, -0.05) is 0 Å². The van der Waals surface area contributed by atoms with Gasteiger partial charge in [-0.15, -0.1) is 0 Å². The molecule has 0 saturated carbocycles. The van der Waals surface area contributed by atoms with Crippen molar-refractivity contribution in [3.8, 4) is 0 Å². The normalized spacial score (nSPS) is 12.2. The van der Waals surface area contributed by atoms with Crippen LogP contribution in [0.15, 0.2) is 12.4 Å². The van der Waals surface area contributed by atoms with Crippen molar-refractivity contribution in [2.45, 2.75) is 19.5 Å². The molecule has 0 bridgehead atoms. The second kappa shape index (κ2) is 5.39. The number of carbonyl (C=O) groups excluding carboxylic acids is 1. The van der Waals surface area contributed by atoms with Gasteiger partial charge in [-0.2, -0.15) is 5.10 Å². The standard InChI is InChI=1S/C9H15N5O3/c1-7(3-10)12(2)9(15)6-13-5-8(4-11-13)14(16)17/h4-5,7H,3,6,10H2,1-2H3. The highest BCUT2D eigenvalue weighted by atomic mass is 16.6. The molecule has 8 heteroatoms. The summed E-state index contributed by atoms with van der Waals surface area (Å²) in [5, 5.41) is 14.2. The third kappa shape index (κ3) is 3.25. The fourth-order valence-corrected chi connectivity index (χ4v) is 1.19. The summed E-state index contributed by atoms with van der Waals surface area (Å²) in [4.78, 5) is 23.1. The molecule has 1 aromatic rings. The Kier molecular flexibility index (Phi) is 4.16. The van der Waals surface area contributed by atoms with Crippen LogP contribution in [0.25, 0.3) is 0 Å². The maximum Gasteiger partial charge on any atom is 0.307 e. The summed E-state index contributed by atoms with van der Waals surface area (Å²) in [6.07, 6.45) is 2.33. The Morgan fingerprint density at radius 1 is 1.76 bits per heavy atom. The Balaban J connectivity index is 2.64. The van der Waals surface area contributed by atoms with E-state index >= 15 is 0 Å². The van der Waals surface area contributed by atoms with E-state index in [0.717, 1.165) is 6.20 Å². The Morgan fingerprint density at radius 2 is 2.41 bits per heavy atom. The average Bonchev–Trinajstić information content (AvgIpc) is 2.75. The van der Waals surface area contributed by atoms with Gasteiger partial charge in [-0.3, -0.25) is 19.6 Å². The Morgan fingerprint density at radius 3 is 2.88 bits per heavy atom. The largest absolute Gasteiger partial charge is 0.340 e. The fraction of sp³-hybridized carbons (Fsp3) is 0.556. The number of hydrogen-bond acceptors (Lipinski definition) is 5. The van der Waals surface area contributed by atoms with Gasteiger partial charge in [0.25, 0.3) is 0 Å². The lowest BCUT2D eigenvalue weighted by atomic mass is 10.3. The molecular formula is C9H15N5O3. The van der Waals surface area contributed by atoms with Crippen LogP contribution >= 0.6 is 0 Å². The van der Waals surface area contributed by atoms with Crippen molar-refractivity contribution < 1.29 is 9.72 Å². The van der Waals surface area contributed by atoms with Crippen LogP contribution < -0.4 is 5.73 Å². The molecule has 1 amide bonds. The average molecular weight is 241 g/mol. The van der Waals surface area contributed by atoms with Gasteiger partial charge in [-0.25, -0.2) is 0 Å². The molecule has 2 N–H and O–H groups in total.